The molecule has 2 aromatic rings. The van der Waals surface area contributed by atoms with Crippen LogP contribution in [-0.2, 0) is 9.53 Å². The van der Waals surface area contributed by atoms with Gasteiger partial charge in [0.15, 0.2) is 5.75 Å². The summed E-state index contributed by atoms with van der Waals surface area (Å²) in [5, 5.41) is 2.66. The number of hydrogen-bond acceptors (Lipinski definition) is 6. The van der Waals surface area contributed by atoms with Crippen LogP contribution in [-0.4, -0.2) is 29.9 Å². The smallest absolute Gasteiger partial charge is 0.345 e. The van der Waals surface area contributed by atoms with Crippen molar-refractivity contribution in [3.8, 4) is 5.75 Å². The molecule has 0 radical (unpaired) electrons. The molecule has 0 spiro atoms. The first-order valence-electron chi connectivity index (χ1n) is 7.46. The van der Waals surface area contributed by atoms with E-state index in [-0.39, 0.29) is 22.8 Å². The van der Waals surface area contributed by atoms with Gasteiger partial charge in [-0.05, 0) is 37.1 Å². The minimum absolute atomic E-state index is 0.0934. The first-order valence-corrected chi connectivity index (χ1v) is 7.46. The Morgan fingerprint density at radius 3 is 2.24 bits per heavy atom. The number of hydrogen-bond donors (Lipinski definition) is 1. The van der Waals surface area contributed by atoms with E-state index in [1.807, 2.05) is 13.0 Å². The zero-order chi connectivity index (χ0) is 18.6. The number of aromatic nitrogens is 1. The number of anilines is 1. The van der Waals surface area contributed by atoms with Gasteiger partial charge in [0.1, 0.15) is 0 Å². The topological polar surface area (TPSA) is 94.6 Å². The van der Waals surface area contributed by atoms with Crippen LogP contribution >= 0.6 is 0 Å². The van der Waals surface area contributed by atoms with E-state index in [1.54, 1.807) is 13.0 Å². The standard InChI is InChI=1S/C18H18N2O5/c1-10-5-11(2)16(20-12(3)21)15(6-10)25-18(23)14-7-13(8-19-9-14)17(22)24-4/h5-9H,1-4H3,(H,20,21). The number of esters is 2. The lowest BCUT2D eigenvalue weighted by atomic mass is 10.1. The van der Waals surface area contributed by atoms with Crippen molar-refractivity contribution in [2.24, 2.45) is 0 Å². The fraction of sp³-hybridized carbons (Fsp3) is 0.222. The van der Waals surface area contributed by atoms with E-state index < -0.39 is 11.9 Å². The molecular weight excluding hydrogens is 324 g/mol. The molecule has 0 unspecified atom stereocenters. The van der Waals surface area contributed by atoms with Gasteiger partial charge in [-0.15, -0.1) is 0 Å². The van der Waals surface area contributed by atoms with E-state index in [0.717, 1.165) is 11.1 Å². The Kier molecular flexibility index (Phi) is 5.49. The molecule has 1 N–H and O–H groups in total. The summed E-state index contributed by atoms with van der Waals surface area (Å²) in [5.41, 5.74) is 2.29. The zero-order valence-electron chi connectivity index (χ0n) is 14.4. The third-order valence-corrected chi connectivity index (χ3v) is 3.34. The lowest BCUT2D eigenvalue weighted by Gasteiger charge is -2.14. The van der Waals surface area contributed by atoms with E-state index in [0.29, 0.717) is 5.69 Å². The second-order valence-electron chi connectivity index (χ2n) is 5.48. The Morgan fingerprint density at radius 2 is 1.64 bits per heavy atom. The molecule has 1 aromatic carbocycles. The maximum absolute atomic E-state index is 12.4. The summed E-state index contributed by atoms with van der Waals surface area (Å²) in [6, 6.07) is 4.84. The van der Waals surface area contributed by atoms with Crippen molar-refractivity contribution in [2.75, 3.05) is 12.4 Å². The summed E-state index contributed by atoms with van der Waals surface area (Å²) in [5.74, 6) is -1.36. The molecule has 7 heteroatoms. The molecule has 0 fully saturated rings. The fourth-order valence-electron chi connectivity index (χ4n) is 2.29. The van der Waals surface area contributed by atoms with Crippen molar-refractivity contribution >= 4 is 23.5 Å². The van der Waals surface area contributed by atoms with Gasteiger partial charge in [-0.3, -0.25) is 9.78 Å². The number of nitrogens with one attached hydrogen (secondary N) is 1. The van der Waals surface area contributed by atoms with Crippen LogP contribution in [0.3, 0.4) is 0 Å². The number of aryl methyl sites for hydroxylation is 2. The Hall–Kier alpha value is -3.22. The van der Waals surface area contributed by atoms with Gasteiger partial charge >= 0.3 is 11.9 Å². The van der Waals surface area contributed by atoms with E-state index in [1.165, 1.54) is 32.5 Å². The van der Waals surface area contributed by atoms with Crippen molar-refractivity contribution in [1.29, 1.82) is 0 Å². The number of amides is 1. The number of nitrogens with zero attached hydrogens (tertiary/aromatic N) is 1. The molecule has 0 saturated heterocycles. The van der Waals surface area contributed by atoms with E-state index in [4.69, 9.17) is 4.74 Å². The SMILES string of the molecule is COC(=O)c1cncc(C(=O)Oc2cc(C)cc(C)c2NC(C)=O)c1. The van der Waals surface area contributed by atoms with Crippen LogP contribution in [0.2, 0.25) is 0 Å². The van der Waals surface area contributed by atoms with Crippen molar-refractivity contribution < 1.29 is 23.9 Å². The number of ether oxygens (including phenoxy) is 2. The lowest BCUT2D eigenvalue weighted by Crippen LogP contribution is -2.14. The molecule has 0 aliphatic carbocycles. The fourth-order valence-corrected chi connectivity index (χ4v) is 2.29. The summed E-state index contributed by atoms with van der Waals surface area (Å²) in [4.78, 5) is 39.2. The van der Waals surface area contributed by atoms with Crippen LogP contribution in [0.25, 0.3) is 0 Å². The third-order valence-electron chi connectivity index (χ3n) is 3.34. The maximum Gasteiger partial charge on any atom is 0.345 e. The summed E-state index contributed by atoms with van der Waals surface area (Å²) in [6.45, 7) is 5.02. The van der Waals surface area contributed by atoms with Crippen LogP contribution in [0.15, 0.2) is 30.6 Å². The highest BCUT2D eigenvalue weighted by Crippen LogP contribution is 2.30. The van der Waals surface area contributed by atoms with Gasteiger partial charge in [0.25, 0.3) is 0 Å². The van der Waals surface area contributed by atoms with Gasteiger partial charge in [0.2, 0.25) is 5.91 Å². The average molecular weight is 342 g/mol. The Morgan fingerprint density at radius 1 is 1.00 bits per heavy atom. The minimum atomic E-state index is -0.699. The first-order chi connectivity index (χ1) is 11.8. The normalized spacial score (nSPS) is 10.1. The molecule has 25 heavy (non-hydrogen) atoms. The third kappa shape index (κ3) is 4.41. The number of carbonyl (C=O) groups excluding carboxylic acids is 3. The summed E-state index contributed by atoms with van der Waals surface area (Å²) in [7, 11) is 1.24. The second kappa shape index (κ2) is 7.57. The summed E-state index contributed by atoms with van der Waals surface area (Å²) < 4.78 is 10.0. The highest BCUT2D eigenvalue weighted by Gasteiger charge is 2.17. The Labute approximate surface area is 145 Å². The highest BCUT2D eigenvalue weighted by molar-refractivity contribution is 5.97. The molecule has 0 saturated carbocycles. The molecule has 2 rings (SSSR count). The minimum Gasteiger partial charge on any atom is -0.465 e. The average Bonchev–Trinajstić information content (AvgIpc) is 2.57. The molecule has 7 nitrogen and oxygen atoms in total. The molecule has 0 bridgehead atoms. The molecule has 0 aliphatic rings. The van der Waals surface area contributed by atoms with E-state index in [9.17, 15) is 14.4 Å². The second-order valence-corrected chi connectivity index (χ2v) is 5.48. The maximum atomic E-state index is 12.4. The Bertz CT molecular complexity index is 845. The van der Waals surface area contributed by atoms with Crippen molar-refractivity contribution in [2.45, 2.75) is 20.8 Å². The zero-order valence-corrected chi connectivity index (χ0v) is 14.4. The number of rotatable bonds is 4. The molecule has 1 aromatic heterocycles. The largest absolute Gasteiger partial charge is 0.465 e. The number of benzene rings is 1. The van der Waals surface area contributed by atoms with Gasteiger partial charge in [-0.2, -0.15) is 0 Å². The molecule has 0 aliphatic heterocycles. The van der Waals surface area contributed by atoms with Gasteiger partial charge in [-0.1, -0.05) is 6.07 Å². The lowest BCUT2D eigenvalue weighted by molar-refractivity contribution is -0.114. The van der Waals surface area contributed by atoms with Crippen molar-refractivity contribution in [1.82, 2.24) is 4.98 Å². The molecular formula is C18H18N2O5. The summed E-state index contributed by atoms with van der Waals surface area (Å²) in [6.07, 6.45) is 2.58. The van der Waals surface area contributed by atoms with E-state index >= 15 is 0 Å². The predicted molar refractivity (Wildman–Crippen MR) is 90.8 cm³/mol. The van der Waals surface area contributed by atoms with Crippen LogP contribution in [0.1, 0.15) is 38.8 Å². The van der Waals surface area contributed by atoms with Gasteiger partial charge in [-0.25, -0.2) is 9.59 Å². The van der Waals surface area contributed by atoms with Gasteiger partial charge in [0.05, 0.1) is 23.9 Å². The molecule has 1 heterocycles. The van der Waals surface area contributed by atoms with E-state index in [2.05, 4.69) is 15.0 Å². The first kappa shape index (κ1) is 18.1. The van der Waals surface area contributed by atoms with Crippen LogP contribution < -0.4 is 10.1 Å². The molecule has 130 valence electrons. The number of carbonyl (C=O) groups is 3. The summed E-state index contributed by atoms with van der Waals surface area (Å²) >= 11 is 0. The number of pyridine rings is 1. The van der Waals surface area contributed by atoms with Crippen molar-refractivity contribution in [3.05, 3.63) is 52.8 Å². The quantitative estimate of drug-likeness (QED) is 0.678. The van der Waals surface area contributed by atoms with Gasteiger partial charge < -0.3 is 14.8 Å². The molecule has 0 atom stereocenters. The Balaban J connectivity index is 2.35. The van der Waals surface area contributed by atoms with Gasteiger partial charge in [0, 0.05) is 19.3 Å². The highest BCUT2D eigenvalue weighted by atomic mass is 16.5. The van der Waals surface area contributed by atoms with Crippen LogP contribution in [0.5, 0.6) is 5.75 Å². The van der Waals surface area contributed by atoms with Crippen LogP contribution in [0.4, 0.5) is 5.69 Å². The van der Waals surface area contributed by atoms with Crippen LogP contribution in [0, 0.1) is 13.8 Å². The predicted octanol–water partition coefficient (Wildman–Crippen LogP) is 2.66. The molecule has 1 amide bonds. The monoisotopic (exact) mass is 342 g/mol. The number of methoxy groups -OCH3 is 1. The van der Waals surface area contributed by atoms with Crippen molar-refractivity contribution in [3.63, 3.8) is 0 Å².